The number of rotatable bonds is 3. The van der Waals surface area contributed by atoms with Crippen molar-refractivity contribution in [2.45, 2.75) is 23.8 Å². The van der Waals surface area contributed by atoms with E-state index in [2.05, 4.69) is 20.8 Å². The molecule has 0 spiro atoms. The molecule has 1 aliphatic rings. The van der Waals surface area contributed by atoms with E-state index in [9.17, 15) is 17.2 Å². The van der Waals surface area contributed by atoms with Crippen molar-refractivity contribution in [2.24, 2.45) is 0 Å². The number of nitrogens with zero attached hydrogens (tertiary/aromatic N) is 2. The highest BCUT2D eigenvalue weighted by atomic mass is 79.9. The minimum absolute atomic E-state index is 0.0882. The first kappa shape index (κ1) is 16.8. The van der Waals surface area contributed by atoms with Crippen LogP contribution in [0.15, 0.2) is 21.5 Å². The minimum Gasteiger partial charge on any atom is -0.306 e. The lowest BCUT2D eigenvalue weighted by Crippen LogP contribution is -2.44. The van der Waals surface area contributed by atoms with Gasteiger partial charge < -0.3 is 4.90 Å². The van der Waals surface area contributed by atoms with E-state index >= 15 is 0 Å². The Morgan fingerprint density at radius 1 is 1.24 bits per heavy atom. The molecule has 0 aliphatic carbocycles. The molecule has 0 bridgehead atoms. The fourth-order valence-corrected chi connectivity index (χ4v) is 5.09. The Labute approximate surface area is 131 Å². The van der Waals surface area contributed by atoms with Crippen LogP contribution in [0.5, 0.6) is 0 Å². The van der Waals surface area contributed by atoms with E-state index in [1.165, 1.54) is 4.31 Å². The van der Waals surface area contributed by atoms with Crippen LogP contribution in [0.4, 0.5) is 8.78 Å². The van der Waals surface area contributed by atoms with Crippen molar-refractivity contribution >= 4 is 26.0 Å². The van der Waals surface area contributed by atoms with Crippen LogP contribution in [0.25, 0.3) is 0 Å². The predicted octanol–water partition coefficient (Wildman–Crippen LogP) is 2.44. The van der Waals surface area contributed by atoms with Gasteiger partial charge in [-0.15, -0.1) is 0 Å². The van der Waals surface area contributed by atoms with Crippen LogP contribution in [0, 0.1) is 11.6 Å². The van der Waals surface area contributed by atoms with Gasteiger partial charge in [-0.05, 0) is 48.9 Å². The van der Waals surface area contributed by atoms with Crippen molar-refractivity contribution in [2.75, 3.05) is 27.2 Å². The maximum atomic E-state index is 13.9. The molecule has 2 rings (SSSR count). The zero-order valence-corrected chi connectivity index (χ0v) is 14.2. The summed E-state index contributed by atoms with van der Waals surface area (Å²) >= 11 is 2.94. The Kier molecular flexibility index (Phi) is 5.02. The minimum atomic E-state index is -3.96. The molecule has 1 saturated heterocycles. The summed E-state index contributed by atoms with van der Waals surface area (Å²) in [5.74, 6) is -1.89. The highest BCUT2D eigenvalue weighted by Gasteiger charge is 2.33. The number of sulfonamides is 1. The quantitative estimate of drug-likeness (QED) is 0.805. The predicted molar refractivity (Wildman–Crippen MR) is 79.5 cm³/mol. The summed E-state index contributed by atoms with van der Waals surface area (Å²) < 4.78 is 53.2. The average Bonchev–Trinajstić information content (AvgIpc) is 2.37. The molecule has 8 heteroatoms. The van der Waals surface area contributed by atoms with Crippen LogP contribution in [0.1, 0.15) is 12.8 Å². The van der Waals surface area contributed by atoms with Gasteiger partial charge in [0.05, 0.1) is 0 Å². The first-order valence-electron chi connectivity index (χ1n) is 6.54. The lowest BCUT2D eigenvalue weighted by atomic mass is 10.1. The van der Waals surface area contributed by atoms with Crippen LogP contribution in [0.3, 0.4) is 0 Å². The molecular weight excluding hydrogens is 366 g/mol. The van der Waals surface area contributed by atoms with E-state index in [0.717, 1.165) is 6.07 Å². The second-order valence-corrected chi connectivity index (χ2v) is 8.03. The second-order valence-electron chi connectivity index (χ2n) is 5.30. The third-order valence-electron chi connectivity index (χ3n) is 3.71. The summed E-state index contributed by atoms with van der Waals surface area (Å²) in [5.41, 5.74) is 0. The lowest BCUT2D eigenvalue weighted by Gasteiger charge is -2.34. The van der Waals surface area contributed by atoms with Gasteiger partial charge in [0, 0.05) is 29.7 Å². The van der Waals surface area contributed by atoms with Gasteiger partial charge in [0.25, 0.3) is 0 Å². The summed E-state index contributed by atoms with van der Waals surface area (Å²) in [6.07, 6.45) is 1.37. The maximum Gasteiger partial charge on any atom is 0.247 e. The highest BCUT2D eigenvalue weighted by Crippen LogP contribution is 2.30. The van der Waals surface area contributed by atoms with Crippen LogP contribution in [0.2, 0.25) is 0 Å². The Morgan fingerprint density at radius 3 is 2.29 bits per heavy atom. The van der Waals surface area contributed by atoms with Gasteiger partial charge in [0.15, 0.2) is 0 Å². The molecule has 0 radical (unpaired) electrons. The average molecular weight is 383 g/mol. The third-order valence-corrected chi connectivity index (χ3v) is 6.58. The summed E-state index contributed by atoms with van der Waals surface area (Å²) in [4.78, 5) is 1.56. The van der Waals surface area contributed by atoms with Gasteiger partial charge in [-0.25, -0.2) is 17.2 Å². The number of benzene rings is 1. The van der Waals surface area contributed by atoms with Crippen molar-refractivity contribution in [3.63, 3.8) is 0 Å². The molecule has 0 atom stereocenters. The largest absolute Gasteiger partial charge is 0.306 e. The zero-order valence-electron chi connectivity index (χ0n) is 11.8. The number of hydrogen-bond donors (Lipinski definition) is 0. The number of piperidine rings is 1. The molecule has 0 aromatic heterocycles. The van der Waals surface area contributed by atoms with Crippen molar-refractivity contribution in [1.82, 2.24) is 9.21 Å². The standard InChI is InChI=1S/C13H17BrF2N2O2S/c1-17(2)10-3-5-18(6-4-10)21(19,20)13-11(14)7-9(15)8-12(13)16/h7-8,10H,3-6H2,1-2H3. The highest BCUT2D eigenvalue weighted by molar-refractivity contribution is 9.10. The van der Waals surface area contributed by atoms with Crippen molar-refractivity contribution in [3.05, 3.63) is 28.2 Å². The molecule has 1 aromatic rings. The SMILES string of the molecule is CN(C)C1CCN(S(=O)(=O)c2c(F)cc(F)cc2Br)CC1. The van der Waals surface area contributed by atoms with E-state index in [4.69, 9.17) is 0 Å². The third kappa shape index (κ3) is 3.44. The summed E-state index contributed by atoms with van der Waals surface area (Å²) in [6.45, 7) is 0.656. The van der Waals surface area contributed by atoms with Crippen LogP contribution < -0.4 is 0 Å². The molecule has 1 aliphatic heterocycles. The van der Waals surface area contributed by atoms with E-state index < -0.39 is 26.6 Å². The van der Waals surface area contributed by atoms with Crippen molar-refractivity contribution in [1.29, 1.82) is 0 Å². The molecule has 0 unspecified atom stereocenters. The van der Waals surface area contributed by atoms with Gasteiger partial charge >= 0.3 is 0 Å². The van der Waals surface area contributed by atoms with Gasteiger partial charge in [0.2, 0.25) is 10.0 Å². The van der Waals surface area contributed by atoms with Gasteiger partial charge in [0.1, 0.15) is 16.5 Å². The zero-order chi connectivity index (χ0) is 15.8. The van der Waals surface area contributed by atoms with E-state index in [0.29, 0.717) is 38.0 Å². The van der Waals surface area contributed by atoms with E-state index in [1.807, 2.05) is 14.1 Å². The molecule has 1 heterocycles. The topological polar surface area (TPSA) is 40.6 Å². The molecule has 21 heavy (non-hydrogen) atoms. The first-order valence-corrected chi connectivity index (χ1v) is 8.78. The number of halogens is 3. The summed E-state index contributed by atoms with van der Waals surface area (Å²) in [7, 11) is -0.0641. The fourth-order valence-electron chi connectivity index (χ4n) is 2.50. The molecule has 0 saturated carbocycles. The van der Waals surface area contributed by atoms with Crippen LogP contribution >= 0.6 is 15.9 Å². The van der Waals surface area contributed by atoms with Crippen LogP contribution in [-0.4, -0.2) is 50.8 Å². The summed E-state index contributed by atoms with van der Waals surface area (Å²) in [5, 5.41) is 0. The van der Waals surface area contributed by atoms with Crippen LogP contribution in [-0.2, 0) is 10.0 Å². The summed E-state index contributed by atoms with van der Waals surface area (Å²) in [6, 6.07) is 1.87. The Hall–Kier alpha value is -0.570. The lowest BCUT2D eigenvalue weighted by molar-refractivity contribution is 0.196. The van der Waals surface area contributed by atoms with E-state index in [1.54, 1.807) is 0 Å². The fraction of sp³-hybridized carbons (Fsp3) is 0.538. The van der Waals surface area contributed by atoms with Crippen molar-refractivity contribution < 1.29 is 17.2 Å². The van der Waals surface area contributed by atoms with E-state index in [-0.39, 0.29) is 4.47 Å². The van der Waals surface area contributed by atoms with Gasteiger partial charge in [-0.2, -0.15) is 4.31 Å². The normalized spacial score (nSPS) is 18.4. The Balaban J connectivity index is 2.28. The van der Waals surface area contributed by atoms with Gasteiger partial charge in [-0.1, -0.05) is 0 Å². The molecule has 1 fully saturated rings. The molecule has 0 amide bonds. The molecular formula is C13H17BrF2N2O2S. The van der Waals surface area contributed by atoms with Gasteiger partial charge in [-0.3, -0.25) is 0 Å². The Morgan fingerprint density at radius 2 is 1.81 bits per heavy atom. The monoisotopic (exact) mass is 382 g/mol. The molecule has 0 N–H and O–H groups in total. The Bertz CT molecular complexity index is 606. The smallest absolute Gasteiger partial charge is 0.247 e. The molecule has 118 valence electrons. The molecule has 4 nitrogen and oxygen atoms in total. The van der Waals surface area contributed by atoms with Crippen molar-refractivity contribution in [3.8, 4) is 0 Å². The maximum absolute atomic E-state index is 13.9. The first-order chi connectivity index (χ1) is 9.73. The molecule has 1 aromatic carbocycles. The number of hydrogen-bond acceptors (Lipinski definition) is 3. The second kappa shape index (κ2) is 6.28.